The quantitative estimate of drug-likeness (QED) is 0.483. The maximum atomic E-state index is 13.6. The van der Waals surface area contributed by atoms with Gasteiger partial charge in [-0.1, -0.05) is 47.5 Å². The average molecular weight is 495 g/mol. The van der Waals surface area contributed by atoms with Crippen molar-refractivity contribution in [1.82, 2.24) is 0 Å². The van der Waals surface area contributed by atoms with Gasteiger partial charge >= 0.3 is 0 Å². The molecule has 0 heterocycles. The molecular formula is C22H20Cl2N2O5S. The van der Waals surface area contributed by atoms with Gasteiger partial charge in [-0.05, 0) is 42.5 Å². The summed E-state index contributed by atoms with van der Waals surface area (Å²) in [5.74, 6) is 0.104. The van der Waals surface area contributed by atoms with Crippen molar-refractivity contribution in [3.8, 4) is 11.5 Å². The average Bonchev–Trinajstić information content (AvgIpc) is 2.79. The van der Waals surface area contributed by atoms with Crippen LogP contribution in [0.1, 0.15) is 0 Å². The lowest BCUT2D eigenvalue weighted by Gasteiger charge is -2.26. The maximum Gasteiger partial charge on any atom is 0.266 e. The third kappa shape index (κ3) is 5.09. The molecule has 0 spiro atoms. The van der Waals surface area contributed by atoms with E-state index in [0.29, 0.717) is 11.4 Å². The van der Waals surface area contributed by atoms with Crippen LogP contribution in [0.2, 0.25) is 10.0 Å². The molecule has 3 aromatic carbocycles. The number of benzene rings is 3. The summed E-state index contributed by atoms with van der Waals surface area (Å²) < 4.78 is 38.7. The molecule has 3 rings (SSSR count). The normalized spacial score (nSPS) is 11.0. The Morgan fingerprint density at radius 1 is 0.938 bits per heavy atom. The Labute approximate surface area is 196 Å². The van der Waals surface area contributed by atoms with Crippen LogP contribution in [0.4, 0.5) is 11.4 Å². The molecule has 0 aliphatic heterocycles. The van der Waals surface area contributed by atoms with Gasteiger partial charge in [0.15, 0.2) is 0 Å². The molecule has 1 N–H and O–H groups in total. The Morgan fingerprint density at radius 3 is 2.25 bits per heavy atom. The highest BCUT2D eigenvalue weighted by Crippen LogP contribution is 2.35. The first-order chi connectivity index (χ1) is 15.3. The molecule has 1 amide bonds. The van der Waals surface area contributed by atoms with E-state index in [1.807, 2.05) is 0 Å². The molecule has 0 radical (unpaired) electrons. The third-order valence-electron chi connectivity index (χ3n) is 4.48. The minimum Gasteiger partial charge on any atom is -0.495 e. The number of carbonyl (C=O) groups is 1. The van der Waals surface area contributed by atoms with Gasteiger partial charge in [-0.2, -0.15) is 0 Å². The number of halogens is 2. The van der Waals surface area contributed by atoms with Crippen molar-refractivity contribution in [2.24, 2.45) is 0 Å². The number of amides is 1. The number of hydrogen-bond donors (Lipinski definition) is 1. The second-order valence-electron chi connectivity index (χ2n) is 6.51. The molecular weight excluding hydrogens is 475 g/mol. The van der Waals surface area contributed by atoms with Gasteiger partial charge in [0.1, 0.15) is 22.9 Å². The van der Waals surface area contributed by atoms with E-state index in [-0.39, 0.29) is 26.4 Å². The number of nitrogens with zero attached hydrogens (tertiary/aromatic N) is 1. The Kier molecular flexibility index (Phi) is 7.50. The zero-order valence-corrected chi connectivity index (χ0v) is 19.5. The minimum atomic E-state index is -4.30. The highest BCUT2D eigenvalue weighted by atomic mass is 35.5. The molecule has 0 saturated carbocycles. The Balaban J connectivity index is 2.05. The number of rotatable bonds is 8. The highest BCUT2D eigenvalue weighted by molar-refractivity contribution is 7.93. The lowest BCUT2D eigenvalue weighted by atomic mass is 10.2. The van der Waals surface area contributed by atoms with Crippen molar-refractivity contribution in [3.63, 3.8) is 0 Å². The van der Waals surface area contributed by atoms with E-state index in [1.165, 1.54) is 38.5 Å². The number of sulfonamides is 1. The molecule has 0 bridgehead atoms. The van der Waals surface area contributed by atoms with Crippen LogP contribution in [0.5, 0.6) is 11.5 Å². The van der Waals surface area contributed by atoms with Crippen LogP contribution < -0.4 is 19.1 Å². The first-order valence-electron chi connectivity index (χ1n) is 9.31. The fourth-order valence-electron chi connectivity index (χ4n) is 3.00. The summed E-state index contributed by atoms with van der Waals surface area (Å²) in [6.45, 7) is -0.552. The monoisotopic (exact) mass is 494 g/mol. The van der Waals surface area contributed by atoms with E-state index in [0.717, 1.165) is 4.31 Å². The maximum absolute atomic E-state index is 13.6. The van der Waals surface area contributed by atoms with Crippen molar-refractivity contribution in [1.29, 1.82) is 0 Å². The van der Waals surface area contributed by atoms with Gasteiger partial charge in [0.05, 0.1) is 30.6 Å². The van der Waals surface area contributed by atoms with E-state index in [9.17, 15) is 13.2 Å². The zero-order valence-electron chi connectivity index (χ0n) is 17.2. The molecule has 0 atom stereocenters. The van der Waals surface area contributed by atoms with Gasteiger partial charge in [-0.15, -0.1) is 0 Å². The number of para-hydroxylation sites is 4. The van der Waals surface area contributed by atoms with Crippen molar-refractivity contribution >= 4 is 50.5 Å². The summed E-state index contributed by atoms with van der Waals surface area (Å²) in [4.78, 5) is 12.7. The second kappa shape index (κ2) is 10.1. The minimum absolute atomic E-state index is 0.0283. The van der Waals surface area contributed by atoms with Crippen LogP contribution in [-0.2, 0) is 14.8 Å². The molecule has 10 heteroatoms. The fourth-order valence-corrected chi connectivity index (χ4v) is 5.17. The Hall–Kier alpha value is -2.94. The van der Waals surface area contributed by atoms with Crippen molar-refractivity contribution < 1.29 is 22.7 Å². The van der Waals surface area contributed by atoms with Gasteiger partial charge < -0.3 is 14.8 Å². The van der Waals surface area contributed by atoms with Crippen LogP contribution in [0, 0.1) is 0 Å². The number of anilines is 2. The van der Waals surface area contributed by atoms with Crippen molar-refractivity contribution in [3.05, 3.63) is 76.8 Å². The second-order valence-corrected chi connectivity index (χ2v) is 9.18. The summed E-state index contributed by atoms with van der Waals surface area (Å²) in [6, 6.07) is 17.3. The summed E-state index contributed by atoms with van der Waals surface area (Å²) in [7, 11) is -1.42. The Bertz CT molecular complexity index is 1230. The van der Waals surface area contributed by atoms with Gasteiger partial charge in [0.25, 0.3) is 10.0 Å². The molecule has 32 heavy (non-hydrogen) atoms. The predicted molar refractivity (Wildman–Crippen MR) is 126 cm³/mol. The van der Waals surface area contributed by atoms with Crippen LogP contribution >= 0.6 is 23.2 Å². The number of nitrogens with one attached hydrogen (secondary N) is 1. The predicted octanol–water partition coefficient (Wildman–Crippen LogP) is 4.84. The first kappa shape index (κ1) is 23.7. The van der Waals surface area contributed by atoms with Gasteiger partial charge in [0.2, 0.25) is 5.91 Å². The molecule has 0 aliphatic rings. The third-order valence-corrected chi connectivity index (χ3v) is 6.96. The topological polar surface area (TPSA) is 84.9 Å². The highest BCUT2D eigenvalue weighted by Gasteiger charge is 2.31. The van der Waals surface area contributed by atoms with Crippen LogP contribution in [0.3, 0.4) is 0 Å². The van der Waals surface area contributed by atoms with E-state index >= 15 is 0 Å². The summed E-state index contributed by atoms with van der Waals surface area (Å²) in [5, 5.41) is 2.84. The summed E-state index contributed by atoms with van der Waals surface area (Å²) in [6.07, 6.45) is 0. The lowest BCUT2D eigenvalue weighted by Crippen LogP contribution is -2.38. The molecule has 3 aromatic rings. The molecule has 0 aliphatic carbocycles. The number of methoxy groups -OCH3 is 2. The molecule has 7 nitrogen and oxygen atoms in total. The standard InChI is InChI=1S/C22H20Cl2N2O5S/c1-30-19-9-5-3-7-17(19)25-22(27)14-26(18-8-4-6-10-20(18)31-2)32(28,29)21-13-15(23)11-12-16(21)24/h3-13H,14H2,1-2H3,(H,25,27). The molecule has 0 saturated heterocycles. The largest absolute Gasteiger partial charge is 0.495 e. The zero-order chi connectivity index (χ0) is 23.3. The fraction of sp³-hybridized carbons (Fsp3) is 0.136. The van der Waals surface area contributed by atoms with Crippen LogP contribution in [0.25, 0.3) is 0 Å². The van der Waals surface area contributed by atoms with Crippen LogP contribution in [0.15, 0.2) is 71.6 Å². The van der Waals surface area contributed by atoms with Gasteiger partial charge in [-0.25, -0.2) is 8.42 Å². The first-order valence-corrected chi connectivity index (χ1v) is 11.5. The molecule has 168 valence electrons. The van der Waals surface area contributed by atoms with Crippen molar-refractivity contribution in [2.45, 2.75) is 4.90 Å². The molecule has 0 unspecified atom stereocenters. The van der Waals surface area contributed by atoms with E-state index in [2.05, 4.69) is 5.32 Å². The van der Waals surface area contributed by atoms with Crippen molar-refractivity contribution in [2.75, 3.05) is 30.4 Å². The van der Waals surface area contributed by atoms with Gasteiger partial charge in [0, 0.05) is 5.02 Å². The Morgan fingerprint density at radius 2 is 1.56 bits per heavy atom. The molecule has 0 fully saturated rings. The lowest BCUT2D eigenvalue weighted by molar-refractivity contribution is -0.114. The van der Waals surface area contributed by atoms with E-state index in [1.54, 1.807) is 42.5 Å². The number of hydrogen-bond acceptors (Lipinski definition) is 5. The summed E-state index contributed by atoms with van der Waals surface area (Å²) in [5.41, 5.74) is 0.569. The van der Waals surface area contributed by atoms with Crippen LogP contribution in [-0.4, -0.2) is 35.1 Å². The summed E-state index contributed by atoms with van der Waals surface area (Å²) >= 11 is 12.2. The number of carbonyl (C=O) groups excluding carboxylic acids is 1. The smallest absolute Gasteiger partial charge is 0.266 e. The van der Waals surface area contributed by atoms with Gasteiger partial charge in [-0.3, -0.25) is 9.10 Å². The van der Waals surface area contributed by atoms with E-state index < -0.39 is 22.5 Å². The number of ether oxygens (including phenoxy) is 2. The molecule has 0 aromatic heterocycles. The SMILES string of the molecule is COc1ccccc1NC(=O)CN(c1ccccc1OC)S(=O)(=O)c1cc(Cl)ccc1Cl. The van der Waals surface area contributed by atoms with E-state index in [4.69, 9.17) is 32.7 Å².